The topological polar surface area (TPSA) is 146 Å². The van der Waals surface area contributed by atoms with Crippen molar-refractivity contribution < 1.29 is 9.59 Å². The zero-order chi connectivity index (χ0) is 22.8. The first-order valence-electron chi connectivity index (χ1n) is 10.0. The molecule has 1 aromatic carbocycles. The van der Waals surface area contributed by atoms with E-state index in [-0.39, 0.29) is 24.2 Å². The van der Waals surface area contributed by atoms with Crippen molar-refractivity contribution in [1.29, 1.82) is 5.41 Å². The van der Waals surface area contributed by atoms with Crippen molar-refractivity contribution in [1.82, 2.24) is 25.9 Å². The lowest BCUT2D eigenvalue weighted by Gasteiger charge is -2.18. The van der Waals surface area contributed by atoms with Crippen LogP contribution in [0, 0.1) is 5.41 Å². The molecule has 0 bridgehead atoms. The minimum atomic E-state index is -0.741. The van der Waals surface area contributed by atoms with Gasteiger partial charge >= 0.3 is 0 Å². The van der Waals surface area contributed by atoms with E-state index >= 15 is 0 Å². The molecule has 0 radical (unpaired) electrons. The molecule has 0 aliphatic heterocycles. The quantitative estimate of drug-likeness (QED) is 0.239. The summed E-state index contributed by atoms with van der Waals surface area (Å²) in [5.74, 6) is -0.667. The monoisotopic (exact) mass is 431 g/mol. The third-order valence-corrected chi connectivity index (χ3v) is 4.66. The lowest BCUT2D eigenvalue weighted by Crippen LogP contribution is -2.42. The molecule has 2 heterocycles. The van der Waals surface area contributed by atoms with E-state index < -0.39 is 6.04 Å². The number of hydrogen-bond acceptors (Lipinski definition) is 6. The summed E-state index contributed by atoms with van der Waals surface area (Å²) in [5, 5.41) is 16.1. The van der Waals surface area contributed by atoms with Gasteiger partial charge < -0.3 is 16.4 Å². The molecule has 2 aromatic heterocycles. The van der Waals surface area contributed by atoms with E-state index in [0.29, 0.717) is 24.3 Å². The molecule has 9 heteroatoms. The van der Waals surface area contributed by atoms with Gasteiger partial charge in [-0.25, -0.2) is 0 Å². The molecule has 0 saturated heterocycles. The summed E-state index contributed by atoms with van der Waals surface area (Å²) >= 11 is 0. The average molecular weight is 432 g/mol. The Bertz CT molecular complexity index is 1040. The SMILES string of the molecule is N=C(N)c1ccc(CNC(C(=O)NCC(=O)NCc2cccnc2)c2ccccn2)cc1. The van der Waals surface area contributed by atoms with E-state index in [1.807, 2.05) is 18.2 Å². The number of amides is 2. The summed E-state index contributed by atoms with van der Waals surface area (Å²) < 4.78 is 0. The van der Waals surface area contributed by atoms with Crippen LogP contribution in [0.25, 0.3) is 0 Å². The zero-order valence-corrected chi connectivity index (χ0v) is 17.4. The molecule has 2 amide bonds. The van der Waals surface area contributed by atoms with Gasteiger partial charge in [-0.2, -0.15) is 0 Å². The predicted molar refractivity (Wildman–Crippen MR) is 120 cm³/mol. The first-order valence-corrected chi connectivity index (χ1v) is 10.0. The highest BCUT2D eigenvalue weighted by Crippen LogP contribution is 2.12. The summed E-state index contributed by atoms with van der Waals surface area (Å²) in [6, 6.07) is 15.4. The molecular formula is C23H25N7O2. The number of benzene rings is 1. The fourth-order valence-corrected chi connectivity index (χ4v) is 2.94. The third kappa shape index (κ3) is 6.71. The molecule has 164 valence electrons. The van der Waals surface area contributed by atoms with E-state index in [2.05, 4.69) is 25.9 Å². The molecule has 6 N–H and O–H groups in total. The van der Waals surface area contributed by atoms with Crippen molar-refractivity contribution in [3.8, 4) is 0 Å². The zero-order valence-electron chi connectivity index (χ0n) is 17.4. The number of nitrogens with two attached hydrogens (primary N) is 1. The normalized spacial score (nSPS) is 11.4. The van der Waals surface area contributed by atoms with Crippen LogP contribution in [0.3, 0.4) is 0 Å². The van der Waals surface area contributed by atoms with Crippen LogP contribution in [0.2, 0.25) is 0 Å². The molecular weight excluding hydrogens is 406 g/mol. The van der Waals surface area contributed by atoms with Gasteiger partial charge in [-0.05, 0) is 29.3 Å². The van der Waals surface area contributed by atoms with Crippen LogP contribution >= 0.6 is 0 Å². The molecule has 3 aromatic rings. The van der Waals surface area contributed by atoms with Crippen molar-refractivity contribution >= 4 is 17.6 Å². The van der Waals surface area contributed by atoms with Gasteiger partial charge in [0, 0.05) is 37.2 Å². The maximum Gasteiger partial charge on any atom is 0.243 e. The number of amidine groups is 1. The second-order valence-corrected chi connectivity index (χ2v) is 7.03. The van der Waals surface area contributed by atoms with E-state index in [9.17, 15) is 9.59 Å². The highest BCUT2D eigenvalue weighted by atomic mass is 16.2. The van der Waals surface area contributed by atoms with Crippen LogP contribution < -0.4 is 21.7 Å². The Morgan fingerprint density at radius 1 is 0.938 bits per heavy atom. The molecule has 1 unspecified atom stereocenters. The Balaban J connectivity index is 1.57. The summed E-state index contributed by atoms with van der Waals surface area (Å²) in [4.78, 5) is 33.3. The van der Waals surface area contributed by atoms with Crippen molar-refractivity contribution in [2.75, 3.05) is 6.54 Å². The van der Waals surface area contributed by atoms with Crippen LogP contribution in [-0.4, -0.2) is 34.2 Å². The van der Waals surface area contributed by atoms with Crippen LogP contribution in [0.15, 0.2) is 73.2 Å². The van der Waals surface area contributed by atoms with Crippen molar-refractivity contribution in [2.45, 2.75) is 19.1 Å². The Kier molecular flexibility index (Phi) is 7.99. The number of carbonyl (C=O) groups excluding carboxylic acids is 2. The maximum absolute atomic E-state index is 12.8. The number of aromatic nitrogens is 2. The summed E-state index contributed by atoms with van der Waals surface area (Å²) in [5.41, 5.74) is 8.44. The number of pyridine rings is 2. The minimum Gasteiger partial charge on any atom is -0.384 e. The van der Waals surface area contributed by atoms with Gasteiger partial charge in [-0.15, -0.1) is 0 Å². The molecule has 0 aliphatic carbocycles. The van der Waals surface area contributed by atoms with Crippen LogP contribution in [0.4, 0.5) is 0 Å². The highest BCUT2D eigenvalue weighted by Gasteiger charge is 2.21. The van der Waals surface area contributed by atoms with Crippen LogP contribution in [0.5, 0.6) is 0 Å². The van der Waals surface area contributed by atoms with Crippen molar-refractivity contribution in [3.05, 3.63) is 95.6 Å². The number of carbonyl (C=O) groups is 2. The molecule has 0 saturated carbocycles. The molecule has 0 aliphatic rings. The Morgan fingerprint density at radius 2 is 1.75 bits per heavy atom. The second-order valence-electron chi connectivity index (χ2n) is 7.03. The lowest BCUT2D eigenvalue weighted by atomic mass is 10.1. The van der Waals surface area contributed by atoms with Crippen molar-refractivity contribution in [2.24, 2.45) is 5.73 Å². The second kappa shape index (κ2) is 11.3. The Labute approximate surface area is 186 Å². The van der Waals surface area contributed by atoms with E-state index in [1.165, 1.54) is 0 Å². The molecule has 1 atom stereocenters. The Hall–Kier alpha value is -4.11. The van der Waals surface area contributed by atoms with E-state index in [4.69, 9.17) is 11.1 Å². The number of rotatable bonds is 10. The molecule has 0 spiro atoms. The standard InChI is InChI=1S/C23H25N7O2/c24-22(25)18-8-6-16(7-9-18)13-29-21(19-5-1-2-11-27-19)23(32)30-15-20(31)28-14-17-4-3-10-26-12-17/h1-12,21,29H,13-15H2,(H3,24,25)(H,28,31)(H,30,32). The van der Waals surface area contributed by atoms with Crippen molar-refractivity contribution in [3.63, 3.8) is 0 Å². The van der Waals surface area contributed by atoms with Gasteiger partial charge in [-0.1, -0.05) is 36.4 Å². The third-order valence-electron chi connectivity index (χ3n) is 4.66. The number of nitrogens with zero attached hydrogens (tertiary/aromatic N) is 2. The molecule has 0 fully saturated rings. The summed E-state index contributed by atoms with van der Waals surface area (Å²) in [7, 11) is 0. The fourth-order valence-electron chi connectivity index (χ4n) is 2.94. The number of nitrogen functional groups attached to an aromatic ring is 1. The smallest absolute Gasteiger partial charge is 0.243 e. The summed E-state index contributed by atoms with van der Waals surface area (Å²) in [6.45, 7) is 0.568. The van der Waals surface area contributed by atoms with Crippen LogP contribution in [0.1, 0.15) is 28.4 Å². The number of nitrogens with one attached hydrogen (secondary N) is 4. The van der Waals surface area contributed by atoms with Gasteiger partial charge in [0.2, 0.25) is 11.8 Å². The fraction of sp³-hybridized carbons (Fsp3) is 0.174. The van der Waals surface area contributed by atoms with E-state index in [1.54, 1.807) is 55.0 Å². The van der Waals surface area contributed by atoms with E-state index in [0.717, 1.165) is 11.1 Å². The average Bonchev–Trinajstić information content (AvgIpc) is 2.83. The Morgan fingerprint density at radius 3 is 2.41 bits per heavy atom. The first-order chi connectivity index (χ1) is 15.5. The molecule has 9 nitrogen and oxygen atoms in total. The van der Waals surface area contributed by atoms with Gasteiger partial charge in [-0.3, -0.25) is 30.3 Å². The largest absolute Gasteiger partial charge is 0.384 e. The predicted octanol–water partition coefficient (Wildman–Crippen LogP) is 1.02. The van der Waals surface area contributed by atoms with Gasteiger partial charge in [0.15, 0.2) is 0 Å². The molecule has 3 rings (SSSR count). The van der Waals surface area contributed by atoms with Gasteiger partial charge in [0.1, 0.15) is 11.9 Å². The maximum atomic E-state index is 12.8. The van der Waals surface area contributed by atoms with Gasteiger partial charge in [0.25, 0.3) is 0 Å². The van der Waals surface area contributed by atoms with Gasteiger partial charge in [0.05, 0.1) is 12.2 Å². The number of hydrogen-bond donors (Lipinski definition) is 5. The van der Waals surface area contributed by atoms with Crippen LogP contribution in [-0.2, 0) is 22.7 Å². The molecule has 32 heavy (non-hydrogen) atoms. The summed E-state index contributed by atoms with van der Waals surface area (Å²) in [6.07, 6.45) is 4.94. The first kappa shape index (κ1) is 22.6. The highest BCUT2D eigenvalue weighted by molar-refractivity contribution is 5.94. The minimum absolute atomic E-state index is 0.00273. The lowest BCUT2D eigenvalue weighted by molar-refractivity contribution is -0.127.